The Bertz CT molecular complexity index is 1480. The molecule has 1 unspecified atom stereocenters. The first-order chi connectivity index (χ1) is 17.2. The molecule has 0 aromatic heterocycles. The van der Waals surface area contributed by atoms with E-state index in [9.17, 15) is 17.4 Å². The molecule has 1 heterocycles. The number of benzene rings is 3. The molecule has 1 aliphatic heterocycles. The van der Waals surface area contributed by atoms with Gasteiger partial charge in [0.2, 0.25) is 6.10 Å². The molecule has 4 rings (SSSR count). The number of carbonyl (C=O) groups excluding carboxylic acids is 1. The SMILES string of the molecule is CCOC(=O)[C@H]1ON=C(c2ccccc2)[C@@H]1CS(=O)(=NS(=O)(=O)c1ccc(C)cc1)c1ccccc1. The average molecular weight is 527 g/mol. The Hall–Kier alpha value is -3.50. The second kappa shape index (κ2) is 10.6. The van der Waals surface area contributed by atoms with Crippen LogP contribution in [0.1, 0.15) is 18.1 Å². The predicted octanol–water partition coefficient (Wildman–Crippen LogP) is 4.19. The Labute approximate surface area is 211 Å². The first kappa shape index (κ1) is 25.6. The highest BCUT2D eigenvalue weighted by atomic mass is 32.3. The minimum Gasteiger partial charge on any atom is -0.463 e. The molecule has 36 heavy (non-hydrogen) atoms. The highest BCUT2D eigenvalue weighted by Gasteiger charge is 2.43. The maximum absolute atomic E-state index is 14.5. The van der Waals surface area contributed by atoms with Crippen molar-refractivity contribution in [2.24, 2.45) is 14.8 Å². The summed E-state index contributed by atoms with van der Waals surface area (Å²) in [6.07, 6.45) is -1.19. The Morgan fingerprint density at radius 1 is 0.917 bits per heavy atom. The number of aryl methyl sites for hydroxylation is 1. The number of ether oxygens (including phenoxy) is 1. The zero-order valence-electron chi connectivity index (χ0n) is 19.8. The number of sulfonamides is 1. The fraction of sp³-hybridized carbons (Fsp3) is 0.231. The van der Waals surface area contributed by atoms with Gasteiger partial charge in [0.05, 0.1) is 38.6 Å². The zero-order chi connectivity index (χ0) is 25.8. The minimum absolute atomic E-state index is 0.0710. The maximum Gasteiger partial charge on any atom is 0.350 e. The smallest absolute Gasteiger partial charge is 0.350 e. The molecule has 3 aromatic carbocycles. The first-order valence-electron chi connectivity index (χ1n) is 11.3. The predicted molar refractivity (Wildman–Crippen MR) is 136 cm³/mol. The summed E-state index contributed by atoms with van der Waals surface area (Å²) in [6, 6.07) is 23.3. The lowest BCUT2D eigenvalue weighted by Crippen LogP contribution is -2.37. The van der Waals surface area contributed by atoms with Gasteiger partial charge in [-0.2, -0.15) is 8.42 Å². The molecule has 0 fully saturated rings. The molecule has 0 radical (unpaired) electrons. The van der Waals surface area contributed by atoms with Crippen LogP contribution in [0.3, 0.4) is 0 Å². The van der Waals surface area contributed by atoms with E-state index in [1.807, 2.05) is 13.0 Å². The van der Waals surface area contributed by atoms with Gasteiger partial charge < -0.3 is 9.57 Å². The molecule has 3 atom stereocenters. The summed E-state index contributed by atoms with van der Waals surface area (Å²) < 4.78 is 50.2. The third-order valence-corrected chi connectivity index (χ3v) is 10.1. The number of nitrogens with zero attached hydrogens (tertiary/aromatic N) is 2. The molecule has 0 N–H and O–H groups in total. The second-order valence-electron chi connectivity index (χ2n) is 8.21. The first-order valence-corrected chi connectivity index (χ1v) is 14.4. The van der Waals surface area contributed by atoms with Crippen LogP contribution in [0.15, 0.2) is 104 Å². The molecule has 10 heteroatoms. The van der Waals surface area contributed by atoms with Gasteiger partial charge in [-0.3, -0.25) is 0 Å². The summed E-state index contributed by atoms with van der Waals surface area (Å²) in [5.41, 5.74) is 1.91. The van der Waals surface area contributed by atoms with Crippen molar-refractivity contribution in [2.75, 3.05) is 12.4 Å². The molecule has 8 nitrogen and oxygen atoms in total. The summed E-state index contributed by atoms with van der Waals surface area (Å²) in [7, 11) is -7.92. The second-order valence-corrected chi connectivity index (χ2v) is 12.3. The van der Waals surface area contributed by atoms with Gasteiger partial charge in [0.15, 0.2) is 0 Å². The molecule has 3 aromatic rings. The van der Waals surface area contributed by atoms with Crippen LogP contribution in [-0.4, -0.2) is 42.8 Å². The van der Waals surface area contributed by atoms with Crippen molar-refractivity contribution in [1.82, 2.24) is 0 Å². The summed E-state index contributed by atoms with van der Waals surface area (Å²) in [6.45, 7) is 3.62. The van der Waals surface area contributed by atoms with Crippen LogP contribution in [0.4, 0.5) is 0 Å². The Balaban J connectivity index is 1.85. The van der Waals surface area contributed by atoms with Crippen LogP contribution < -0.4 is 0 Å². The average Bonchev–Trinajstić information content (AvgIpc) is 3.28. The summed E-state index contributed by atoms with van der Waals surface area (Å²) >= 11 is 0. The lowest BCUT2D eigenvalue weighted by Gasteiger charge is -2.20. The third kappa shape index (κ3) is 5.50. The summed E-state index contributed by atoms with van der Waals surface area (Å²) in [5.74, 6) is -1.86. The number of hydrogen-bond acceptors (Lipinski definition) is 7. The largest absolute Gasteiger partial charge is 0.463 e. The lowest BCUT2D eigenvalue weighted by atomic mass is 9.94. The van der Waals surface area contributed by atoms with E-state index in [-0.39, 0.29) is 22.2 Å². The van der Waals surface area contributed by atoms with E-state index >= 15 is 0 Å². The van der Waals surface area contributed by atoms with Crippen molar-refractivity contribution in [3.05, 3.63) is 96.1 Å². The van der Waals surface area contributed by atoms with E-state index in [1.54, 1.807) is 73.7 Å². The highest BCUT2D eigenvalue weighted by molar-refractivity contribution is 8.03. The molecular weight excluding hydrogens is 500 g/mol. The van der Waals surface area contributed by atoms with E-state index in [4.69, 9.17) is 9.57 Å². The molecule has 0 saturated carbocycles. The minimum atomic E-state index is -4.30. The van der Waals surface area contributed by atoms with Crippen LogP contribution in [-0.2, 0) is 34.1 Å². The van der Waals surface area contributed by atoms with Gasteiger partial charge >= 0.3 is 5.97 Å². The fourth-order valence-corrected chi connectivity index (χ4v) is 8.10. The van der Waals surface area contributed by atoms with Crippen molar-refractivity contribution >= 4 is 31.4 Å². The van der Waals surface area contributed by atoms with Crippen LogP contribution in [0.5, 0.6) is 0 Å². The van der Waals surface area contributed by atoms with Crippen LogP contribution in [0.25, 0.3) is 0 Å². The Morgan fingerprint density at radius 2 is 1.53 bits per heavy atom. The van der Waals surface area contributed by atoms with E-state index < -0.39 is 37.7 Å². The monoisotopic (exact) mass is 526 g/mol. The van der Waals surface area contributed by atoms with Crippen LogP contribution >= 0.6 is 0 Å². The quantitative estimate of drug-likeness (QED) is 0.407. The topological polar surface area (TPSA) is 111 Å². The van der Waals surface area contributed by atoms with Crippen molar-refractivity contribution in [2.45, 2.75) is 29.7 Å². The van der Waals surface area contributed by atoms with Gasteiger partial charge in [0, 0.05) is 4.90 Å². The van der Waals surface area contributed by atoms with Crippen LogP contribution in [0.2, 0.25) is 0 Å². The van der Waals surface area contributed by atoms with E-state index in [2.05, 4.69) is 8.92 Å². The normalized spacial score (nSPS) is 19.0. The van der Waals surface area contributed by atoms with Crippen molar-refractivity contribution < 1.29 is 27.0 Å². The molecule has 0 aliphatic carbocycles. The van der Waals surface area contributed by atoms with Gasteiger partial charge in [-0.25, -0.2) is 9.00 Å². The molecular formula is C26H26N2O6S2. The lowest BCUT2D eigenvalue weighted by molar-refractivity contribution is -0.156. The van der Waals surface area contributed by atoms with Crippen molar-refractivity contribution in [3.8, 4) is 0 Å². The number of carbonyl (C=O) groups is 1. The van der Waals surface area contributed by atoms with Crippen LogP contribution in [0, 0.1) is 12.8 Å². The summed E-state index contributed by atoms with van der Waals surface area (Å²) in [5, 5.41) is 4.11. The maximum atomic E-state index is 14.5. The highest BCUT2D eigenvalue weighted by Crippen LogP contribution is 2.30. The van der Waals surface area contributed by atoms with Gasteiger partial charge in [-0.05, 0) is 43.7 Å². The standard InChI is InChI=1S/C26H26N2O6S2/c1-3-33-26(29)25-23(24(27-34-25)20-10-6-4-7-11-20)18-35(30,21-12-8-5-9-13-21)28-36(31,32)22-16-14-19(2)15-17-22/h4-17,23,25H,3,18H2,1-2H3/t23-,25-,35?/m0/s1. The molecule has 0 saturated heterocycles. The number of esters is 1. The van der Waals surface area contributed by atoms with Gasteiger partial charge in [-0.15, -0.1) is 3.77 Å². The van der Waals surface area contributed by atoms with E-state index in [1.165, 1.54) is 12.1 Å². The van der Waals surface area contributed by atoms with Crippen molar-refractivity contribution in [3.63, 3.8) is 0 Å². The van der Waals surface area contributed by atoms with E-state index in [0.29, 0.717) is 11.3 Å². The molecule has 0 spiro atoms. The third-order valence-electron chi connectivity index (χ3n) is 5.62. The van der Waals surface area contributed by atoms with Gasteiger partial charge in [0.25, 0.3) is 10.0 Å². The Kier molecular flexibility index (Phi) is 7.56. The van der Waals surface area contributed by atoms with Crippen molar-refractivity contribution in [1.29, 1.82) is 0 Å². The zero-order valence-corrected chi connectivity index (χ0v) is 21.4. The molecule has 188 valence electrons. The fourth-order valence-electron chi connectivity index (χ4n) is 3.83. The van der Waals surface area contributed by atoms with Gasteiger partial charge in [0.1, 0.15) is 0 Å². The summed E-state index contributed by atoms with van der Waals surface area (Å²) in [4.78, 5) is 18.3. The molecule has 1 aliphatic rings. The molecule has 0 bridgehead atoms. The van der Waals surface area contributed by atoms with E-state index in [0.717, 1.165) is 5.56 Å². The Morgan fingerprint density at radius 3 is 2.14 bits per heavy atom. The number of hydrogen-bond donors (Lipinski definition) is 0. The van der Waals surface area contributed by atoms with Gasteiger partial charge in [-0.1, -0.05) is 71.4 Å². The molecule has 0 amide bonds. The number of oxime groups is 1. The number of rotatable bonds is 8.